The van der Waals surface area contributed by atoms with Gasteiger partial charge in [0.2, 0.25) is 0 Å². The Bertz CT molecular complexity index is 673. The Morgan fingerprint density at radius 2 is 1.88 bits per heavy atom. The molecule has 0 spiro atoms. The summed E-state index contributed by atoms with van der Waals surface area (Å²) in [7, 11) is 1.62. The molecule has 3 atom stereocenters. The van der Waals surface area contributed by atoms with E-state index < -0.39 is 25.5 Å². The molecule has 0 heterocycles. The summed E-state index contributed by atoms with van der Waals surface area (Å²) in [4.78, 5) is 12.8. The number of ether oxygens (including phenoxy) is 1. The molecule has 2 fully saturated rings. The fourth-order valence-corrected chi connectivity index (χ4v) is 8.19. The summed E-state index contributed by atoms with van der Waals surface area (Å²) in [5, 5.41) is -0.485. The second-order valence-corrected chi connectivity index (χ2v) is 10.4. The van der Waals surface area contributed by atoms with Crippen molar-refractivity contribution in [2.75, 3.05) is 21.3 Å². The van der Waals surface area contributed by atoms with Crippen molar-refractivity contribution >= 4 is 14.8 Å². The predicted octanol–water partition coefficient (Wildman–Crippen LogP) is 3.45. The molecule has 2 saturated carbocycles. The molecule has 8 heteroatoms. The SMILES string of the molecule is CO[Si](OC)(OC)C12CCC(CC1C(=O)OCc1ccc(F)c(F)c1)C2. The molecule has 2 bridgehead atoms. The second kappa shape index (κ2) is 7.34. The highest BCUT2D eigenvalue weighted by molar-refractivity contribution is 6.64. The van der Waals surface area contributed by atoms with Gasteiger partial charge in [-0.2, -0.15) is 0 Å². The van der Waals surface area contributed by atoms with E-state index in [-0.39, 0.29) is 18.5 Å². The highest BCUT2D eigenvalue weighted by Gasteiger charge is 2.71. The van der Waals surface area contributed by atoms with Gasteiger partial charge in [-0.05, 0) is 49.3 Å². The number of benzene rings is 1. The quantitative estimate of drug-likeness (QED) is 0.531. The zero-order valence-corrected chi connectivity index (χ0v) is 16.2. The Labute approximate surface area is 152 Å². The molecule has 1 aromatic rings. The van der Waals surface area contributed by atoms with Crippen molar-refractivity contribution in [1.82, 2.24) is 0 Å². The number of carbonyl (C=O) groups is 1. The summed E-state index contributed by atoms with van der Waals surface area (Å²) < 4.78 is 48.9. The molecule has 144 valence electrons. The highest BCUT2D eigenvalue weighted by atomic mass is 28.4. The van der Waals surface area contributed by atoms with Gasteiger partial charge >= 0.3 is 14.8 Å². The molecule has 0 radical (unpaired) electrons. The molecule has 2 aliphatic carbocycles. The Hall–Kier alpha value is -1.35. The van der Waals surface area contributed by atoms with E-state index in [2.05, 4.69) is 0 Å². The summed E-state index contributed by atoms with van der Waals surface area (Å²) in [6.07, 6.45) is 3.34. The lowest BCUT2D eigenvalue weighted by Gasteiger charge is -2.43. The van der Waals surface area contributed by atoms with Gasteiger partial charge < -0.3 is 18.0 Å². The standard InChI is InChI=1S/C18H24F2O5Si/c1-22-26(23-2,24-3)18-7-6-12(10-18)8-14(18)17(21)25-11-13-4-5-15(19)16(20)9-13/h4-5,9,12,14H,6-8,10-11H2,1-3H3. The second-order valence-electron chi connectivity index (χ2n) is 7.08. The van der Waals surface area contributed by atoms with Crippen LogP contribution in [0, 0.1) is 23.5 Å². The maximum Gasteiger partial charge on any atom is 0.507 e. The molecule has 2 aliphatic rings. The van der Waals surface area contributed by atoms with Crippen LogP contribution in [-0.2, 0) is 29.4 Å². The first-order valence-electron chi connectivity index (χ1n) is 8.67. The van der Waals surface area contributed by atoms with Crippen LogP contribution in [-0.4, -0.2) is 36.1 Å². The molecule has 0 saturated heterocycles. The van der Waals surface area contributed by atoms with Gasteiger partial charge in [0.05, 0.1) is 11.0 Å². The van der Waals surface area contributed by atoms with Crippen molar-refractivity contribution in [3.05, 3.63) is 35.4 Å². The van der Waals surface area contributed by atoms with E-state index in [1.165, 1.54) is 6.07 Å². The van der Waals surface area contributed by atoms with Crippen LogP contribution in [0.5, 0.6) is 0 Å². The number of halogens is 2. The lowest BCUT2D eigenvalue weighted by Crippen LogP contribution is -2.57. The van der Waals surface area contributed by atoms with E-state index in [0.29, 0.717) is 17.9 Å². The van der Waals surface area contributed by atoms with Gasteiger partial charge in [-0.15, -0.1) is 0 Å². The highest BCUT2D eigenvalue weighted by Crippen LogP contribution is 2.68. The smallest absolute Gasteiger partial charge is 0.461 e. The third-order valence-electron chi connectivity index (χ3n) is 5.95. The average molecular weight is 386 g/mol. The van der Waals surface area contributed by atoms with E-state index in [0.717, 1.165) is 31.4 Å². The van der Waals surface area contributed by atoms with Crippen molar-refractivity contribution in [2.45, 2.75) is 37.3 Å². The lowest BCUT2D eigenvalue weighted by atomic mass is 9.88. The molecular weight excluding hydrogens is 362 g/mol. The number of rotatable bonds is 7. The summed E-state index contributed by atoms with van der Waals surface area (Å²) in [6.45, 7) is -0.102. The van der Waals surface area contributed by atoms with E-state index in [1.54, 1.807) is 21.3 Å². The van der Waals surface area contributed by atoms with Crippen LogP contribution < -0.4 is 0 Å². The normalized spacial score (nSPS) is 27.7. The molecule has 3 rings (SSSR count). The molecule has 0 N–H and O–H groups in total. The summed E-state index contributed by atoms with van der Waals surface area (Å²) >= 11 is 0. The number of fused-ring (bicyclic) bond motifs is 2. The summed E-state index contributed by atoms with van der Waals surface area (Å²) in [5.74, 6) is -2.20. The third-order valence-corrected chi connectivity index (χ3v) is 9.59. The first-order valence-corrected chi connectivity index (χ1v) is 10.4. The molecule has 0 aliphatic heterocycles. The lowest BCUT2D eigenvalue weighted by molar-refractivity contribution is -0.152. The zero-order valence-electron chi connectivity index (χ0n) is 15.2. The van der Waals surface area contributed by atoms with E-state index >= 15 is 0 Å². The van der Waals surface area contributed by atoms with Crippen LogP contribution in [0.3, 0.4) is 0 Å². The van der Waals surface area contributed by atoms with E-state index in [1.807, 2.05) is 0 Å². The minimum absolute atomic E-state index is 0.102. The fourth-order valence-electron chi connectivity index (χ4n) is 4.82. The molecule has 0 amide bonds. The number of esters is 1. The molecule has 5 nitrogen and oxygen atoms in total. The van der Waals surface area contributed by atoms with Crippen LogP contribution in [0.4, 0.5) is 8.78 Å². The van der Waals surface area contributed by atoms with Gasteiger partial charge in [-0.1, -0.05) is 6.07 Å². The van der Waals surface area contributed by atoms with Crippen molar-refractivity contribution < 1.29 is 31.6 Å². The van der Waals surface area contributed by atoms with Gasteiger partial charge in [0.15, 0.2) is 11.6 Å². The average Bonchev–Trinajstić information content (AvgIpc) is 3.24. The van der Waals surface area contributed by atoms with Crippen molar-refractivity contribution in [3.63, 3.8) is 0 Å². The maximum absolute atomic E-state index is 13.3. The molecule has 0 aromatic heterocycles. The summed E-state index contributed by atoms with van der Waals surface area (Å²) in [5.41, 5.74) is 0.406. The van der Waals surface area contributed by atoms with Gasteiger partial charge in [0.25, 0.3) is 0 Å². The topological polar surface area (TPSA) is 54.0 Å². The van der Waals surface area contributed by atoms with Crippen LogP contribution in [0.2, 0.25) is 5.04 Å². The van der Waals surface area contributed by atoms with Crippen molar-refractivity contribution in [3.8, 4) is 0 Å². The number of hydrogen-bond donors (Lipinski definition) is 0. The summed E-state index contributed by atoms with van der Waals surface area (Å²) in [6, 6.07) is 3.47. The minimum atomic E-state index is -3.05. The Morgan fingerprint density at radius 3 is 2.46 bits per heavy atom. The Morgan fingerprint density at radius 1 is 1.19 bits per heavy atom. The zero-order chi connectivity index (χ0) is 18.9. The van der Waals surface area contributed by atoms with Crippen LogP contribution in [0.1, 0.15) is 31.2 Å². The van der Waals surface area contributed by atoms with Gasteiger partial charge in [0.1, 0.15) is 6.61 Å². The molecular formula is C18H24F2O5Si. The van der Waals surface area contributed by atoms with Crippen LogP contribution in [0.15, 0.2) is 18.2 Å². The number of carbonyl (C=O) groups excluding carboxylic acids is 1. The predicted molar refractivity (Wildman–Crippen MR) is 91.1 cm³/mol. The Balaban J connectivity index is 1.77. The molecule has 26 heavy (non-hydrogen) atoms. The first-order chi connectivity index (χ1) is 12.4. The fraction of sp³-hybridized carbons (Fsp3) is 0.611. The number of hydrogen-bond acceptors (Lipinski definition) is 5. The monoisotopic (exact) mass is 386 g/mol. The molecule has 3 unspecified atom stereocenters. The Kier molecular flexibility index (Phi) is 5.48. The molecule has 1 aromatic carbocycles. The van der Waals surface area contributed by atoms with Gasteiger partial charge in [-0.3, -0.25) is 4.79 Å². The van der Waals surface area contributed by atoms with Crippen LogP contribution >= 0.6 is 0 Å². The third kappa shape index (κ3) is 2.98. The van der Waals surface area contributed by atoms with Crippen molar-refractivity contribution in [2.24, 2.45) is 11.8 Å². The van der Waals surface area contributed by atoms with Crippen LogP contribution in [0.25, 0.3) is 0 Å². The van der Waals surface area contributed by atoms with Crippen molar-refractivity contribution in [1.29, 1.82) is 0 Å². The first kappa shape index (κ1) is 19.4. The minimum Gasteiger partial charge on any atom is -0.461 e. The van der Waals surface area contributed by atoms with Gasteiger partial charge in [-0.25, -0.2) is 8.78 Å². The van der Waals surface area contributed by atoms with E-state index in [4.69, 9.17) is 18.0 Å². The van der Waals surface area contributed by atoms with E-state index in [9.17, 15) is 13.6 Å². The maximum atomic E-state index is 13.3. The largest absolute Gasteiger partial charge is 0.507 e. The van der Waals surface area contributed by atoms with Gasteiger partial charge in [0, 0.05) is 21.3 Å².